The van der Waals surface area contributed by atoms with Gasteiger partial charge in [0.25, 0.3) is 0 Å². The summed E-state index contributed by atoms with van der Waals surface area (Å²) in [5, 5.41) is 13.7. The van der Waals surface area contributed by atoms with Crippen LogP contribution >= 0.6 is 0 Å². The van der Waals surface area contributed by atoms with Crippen molar-refractivity contribution in [1.82, 2.24) is 14.8 Å². The number of aromatic nitrogens is 3. The third-order valence-electron chi connectivity index (χ3n) is 2.29. The Bertz CT molecular complexity index is 589. The Labute approximate surface area is 97.1 Å². The lowest BCUT2D eigenvalue weighted by Gasteiger charge is -2.07. The quantitative estimate of drug-likeness (QED) is 0.803. The topological polar surface area (TPSA) is 77.2 Å². The van der Waals surface area contributed by atoms with Crippen LogP contribution in [0.2, 0.25) is 0 Å². The van der Waals surface area contributed by atoms with Crippen LogP contribution in [-0.2, 0) is 7.05 Å². The first kappa shape index (κ1) is 11.1. The Hall–Kier alpha value is -2.37. The van der Waals surface area contributed by atoms with Crippen LogP contribution in [0.3, 0.4) is 0 Å². The predicted octanol–water partition coefficient (Wildman–Crippen LogP) is 1.23. The van der Waals surface area contributed by atoms with Gasteiger partial charge >= 0.3 is 5.97 Å². The summed E-state index contributed by atoms with van der Waals surface area (Å²) in [6, 6.07) is 0. The van der Waals surface area contributed by atoms with Gasteiger partial charge in [0.2, 0.25) is 0 Å². The molecule has 2 heterocycles. The van der Waals surface area contributed by atoms with Crippen molar-refractivity contribution in [3.05, 3.63) is 30.6 Å². The molecular formula is C11H11N3O3. The van der Waals surface area contributed by atoms with Gasteiger partial charge in [-0.3, -0.25) is 4.68 Å². The summed E-state index contributed by atoms with van der Waals surface area (Å²) < 4.78 is 6.94. The summed E-state index contributed by atoms with van der Waals surface area (Å²) in [6.07, 6.45) is 4.35. The molecule has 0 atom stereocenters. The molecule has 6 nitrogen and oxygen atoms in total. The molecule has 0 bridgehead atoms. The van der Waals surface area contributed by atoms with Crippen LogP contribution in [0.15, 0.2) is 25.0 Å². The molecule has 0 amide bonds. The Morgan fingerprint density at radius 3 is 3.06 bits per heavy atom. The zero-order chi connectivity index (χ0) is 12.4. The Morgan fingerprint density at radius 2 is 2.41 bits per heavy atom. The highest BCUT2D eigenvalue weighted by molar-refractivity contribution is 5.97. The molecule has 88 valence electrons. The second kappa shape index (κ2) is 4.25. The van der Waals surface area contributed by atoms with Crippen molar-refractivity contribution < 1.29 is 14.6 Å². The maximum atomic E-state index is 11.1. The molecule has 17 heavy (non-hydrogen) atoms. The molecule has 0 aliphatic carbocycles. The number of carboxylic acids is 1. The van der Waals surface area contributed by atoms with Gasteiger partial charge in [-0.25, -0.2) is 9.78 Å². The van der Waals surface area contributed by atoms with E-state index in [1.165, 1.54) is 12.4 Å². The fourth-order valence-electron chi connectivity index (χ4n) is 1.52. The van der Waals surface area contributed by atoms with Gasteiger partial charge in [-0.15, -0.1) is 0 Å². The number of carboxylic acid groups (broad SMARTS) is 1. The van der Waals surface area contributed by atoms with Crippen LogP contribution in [0.25, 0.3) is 11.0 Å². The number of pyridine rings is 1. The normalized spacial score (nSPS) is 10.4. The first-order valence-electron chi connectivity index (χ1n) is 4.93. The molecule has 0 radical (unpaired) electrons. The highest BCUT2D eigenvalue weighted by Crippen LogP contribution is 2.27. The van der Waals surface area contributed by atoms with Crippen molar-refractivity contribution in [2.45, 2.75) is 0 Å². The van der Waals surface area contributed by atoms with Crippen LogP contribution in [0, 0.1) is 0 Å². The molecule has 0 saturated carbocycles. The fraction of sp³-hybridized carbons (Fsp3) is 0.182. The average molecular weight is 233 g/mol. The van der Waals surface area contributed by atoms with Gasteiger partial charge in [0, 0.05) is 13.2 Å². The standard InChI is InChI=1S/C11H11N3O3/c1-3-4-17-9-7-6-13-14(2)10(7)12-5-8(9)11(15)16/h3,5-6H,1,4H2,2H3,(H,15,16). The SMILES string of the molecule is C=CCOc1c(C(=O)O)cnc2c1cnn2C. The molecule has 0 aliphatic heterocycles. The maximum absolute atomic E-state index is 11.1. The molecule has 0 spiro atoms. The van der Waals surface area contributed by atoms with Crippen molar-refractivity contribution in [3.8, 4) is 5.75 Å². The first-order chi connectivity index (χ1) is 8.15. The molecule has 0 aromatic carbocycles. The number of hydrogen-bond acceptors (Lipinski definition) is 4. The second-order valence-electron chi connectivity index (χ2n) is 3.41. The zero-order valence-electron chi connectivity index (χ0n) is 9.25. The summed E-state index contributed by atoms with van der Waals surface area (Å²) in [7, 11) is 1.73. The molecular weight excluding hydrogens is 222 g/mol. The molecule has 2 aromatic heterocycles. The van der Waals surface area contributed by atoms with E-state index in [-0.39, 0.29) is 17.9 Å². The molecule has 2 aromatic rings. The third-order valence-corrected chi connectivity index (χ3v) is 2.29. The summed E-state index contributed by atoms with van der Waals surface area (Å²) >= 11 is 0. The molecule has 0 saturated heterocycles. The molecule has 0 fully saturated rings. The number of aryl methyl sites for hydroxylation is 1. The lowest BCUT2D eigenvalue weighted by atomic mass is 10.2. The van der Waals surface area contributed by atoms with E-state index in [2.05, 4.69) is 16.7 Å². The van der Waals surface area contributed by atoms with E-state index < -0.39 is 5.97 Å². The van der Waals surface area contributed by atoms with E-state index >= 15 is 0 Å². The van der Waals surface area contributed by atoms with Gasteiger partial charge in [0.1, 0.15) is 17.9 Å². The molecule has 0 unspecified atom stereocenters. The monoisotopic (exact) mass is 233 g/mol. The van der Waals surface area contributed by atoms with E-state index in [1.807, 2.05) is 0 Å². The lowest BCUT2D eigenvalue weighted by Crippen LogP contribution is -2.05. The van der Waals surface area contributed by atoms with Gasteiger partial charge in [-0.2, -0.15) is 5.10 Å². The fourth-order valence-corrected chi connectivity index (χ4v) is 1.52. The van der Waals surface area contributed by atoms with Gasteiger partial charge in [-0.1, -0.05) is 12.7 Å². The minimum absolute atomic E-state index is 0.0207. The van der Waals surface area contributed by atoms with Crippen molar-refractivity contribution in [1.29, 1.82) is 0 Å². The number of carbonyl (C=O) groups is 1. The summed E-state index contributed by atoms with van der Waals surface area (Å²) in [6.45, 7) is 3.76. The Morgan fingerprint density at radius 1 is 1.65 bits per heavy atom. The van der Waals surface area contributed by atoms with Crippen LogP contribution in [0.4, 0.5) is 0 Å². The largest absolute Gasteiger partial charge is 0.488 e. The number of aromatic carboxylic acids is 1. The van der Waals surface area contributed by atoms with Gasteiger partial charge in [0.15, 0.2) is 5.65 Å². The molecule has 2 rings (SSSR count). The predicted molar refractivity (Wildman–Crippen MR) is 61.2 cm³/mol. The van der Waals surface area contributed by atoms with Gasteiger partial charge in [-0.05, 0) is 0 Å². The summed E-state index contributed by atoms with van der Waals surface area (Å²) in [5.41, 5.74) is 0.599. The van der Waals surface area contributed by atoms with Crippen LogP contribution in [0.5, 0.6) is 5.75 Å². The van der Waals surface area contributed by atoms with E-state index in [0.29, 0.717) is 11.0 Å². The van der Waals surface area contributed by atoms with Crippen LogP contribution in [-0.4, -0.2) is 32.4 Å². The number of nitrogens with zero attached hydrogens (tertiary/aromatic N) is 3. The summed E-state index contributed by atoms with van der Waals surface area (Å²) in [4.78, 5) is 15.1. The van der Waals surface area contributed by atoms with Crippen molar-refractivity contribution >= 4 is 17.0 Å². The third kappa shape index (κ3) is 1.84. The van der Waals surface area contributed by atoms with E-state index in [0.717, 1.165) is 0 Å². The Balaban J connectivity index is 2.65. The van der Waals surface area contributed by atoms with Gasteiger partial charge < -0.3 is 9.84 Å². The second-order valence-corrected chi connectivity index (χ2v) is 3.41. The van der Waals surface area contributed by atoms with Crippen LogP contribution < -0.4 is 4.74 Å². The van der Waals surface area contributed by atoms with Crippen molar-refractivity contribution in [2.24, 2.45) is 7.05 Å². The van der Waals surface area contributed by atoms with Gasteiger partial charge in [0.05, 0.1) is 11.6 Å². The average Bonchev–Trinajstić information content (AvgIpc) is 2.68. The number of rotatable bonds is 4. The highest BCUT2D eigenvalue weighted by Gasteiger charge is 2.17. The smallest absolute Gasteiger partial charge is 0.341 e. The first-order valence-corrected chi connectivity index (χ1v) is 4.93. The van der Waals surface area contributed by atoms with Crippen molar-refractivity contribution in [2.75, 3.05) is 6.61 Å². The summed E-state index contributed by atoms with van der Waals surface area (Å²) in [5.74, 6) is -0.808. The van der Waals surface area contributed by atoms with E-state index in [9.17, 15) is 4.79 Å². The molecule has 6 heteroatoms. The van der Waals surface area contributed by atoms with Crippen molar-refractivity contribution in [3.63, 3.8) is 0 Å². The minimum Gasteiger partial charge on any atom is -0.488 e. The maximum Gasteiger partial charge on any atom is 0.341 e. The number of ether oxygens (including phenoxy) is 1. The zero-order valence-corrected chi connectivity index (χ0v) is 9.25. The van der Waals surface area contributed by atoms with E-state index in [1.54, 1.807) is 17.8 Å². The Kier molecular flexibility index (Phi) is 2.78. The number of fused-ring (bicyclic) bond motifs is 1. The molecule has 0 aliphatic rings. The number of hydrogen-bond donors (Lipinski definition) is 1. The minimum atomic E-state index is -1.08. The lowest BCUT2D eigenvalue weighted by molar-refractivity contribution is 0.0692. The molecule has 1 N–H and O–H groups in total. The highest BCUT2D eigenvalue weighted by atomic mass is 16.5. The van der Waals surface area contributed by atoms with Crippen LogP contribution in [0.1, 0.15) is 10.4 Å². The van der Waals surface area contributed by atoms with E-state index in [4.69, 9.17) is 9.84 Å².